The molecule has 1 unspecified atom stereocenters. The summed E-state index contributed by atoms with van der Waals surface area (Å²) in [4.78, 5) is 11.6. The monoisotopic (exact) mass is 275 g/mol. The van der Waals surface area contributed by atoms with E-state index in [1.54, 1.807) is 31.2 Å². The van der Waals surface area contributed by atoms with E-state index in [0.717, 1.165) is 0 Å². The van der Waals surface area contributed by atoms with E-state index in [1.165, 1.54) is 0 Å². The summed E-state index contributed by atoms with van der Waals surface area (Å²) in [5.74, 6) is -1.10. The Morgan fingerprint density at radius 3 is 2.68 bits per heavy atom. The zero-order valence-corrected chi connectivity index (χ0v) is 10.5. The summed E-state index contributed by atoms with van der Waals surface area (Å²) in [7, 11) is 0. The van der Waals surface area contributed by atoms with Gasteiger partial charge in [-0.1, -0.05) is 12.1 Å². The topological polar surface area (TPSA) is 52.3 Å². The van der Waals surface area contributed by atoms with Crippen LogP contribution in [0.25, 0.3) is 0 Å². The molecule has 0 aromatic heterocycles. The highest BCUT2D eigenvalue weighted by Crippen LogP contribution is 2.22. The van der Waals surface area contributed by atoms with E-state index in [4.69, 9.17) is 10.5 Å². The molecule has 0 aliphatic heterocycles. The van der Waals surface area contributed by atoms with Gasteiger partial charge in [-0.2, -0.15) is 13.2 Å². The van der Waals surface area contributed by atoms with Crippen molar-refractivity contribution in [3.63, 3.8) is 0 Å². The fourth-order valence-electron chi connectivity index (χ4n) is 1.53. The third-order valence-corrected chi connectivity index (χ3v) is 2.61. The molecule has 6 heteroatoms. The normalized spacial score (nSPS) is 13.1. The smallest absolute Gasteiger partial charge is 0.389 e. The molecule has 1 aromatic carbocycles. The quantitative estimate of drug-likeness (QED) is 0.510. The van der Waals surface area contributed by atoms with Crippen LogP contribution in [0.1, 0.15) is 31.2 Å². The zero-order valence-electron chi connectivity index (χ0n) is 10.5. The van der Waals surface area contributed by atoms with Gasteiger partial charge in [-0.25, -0.2) is 0 Å². The highest BCUT2D eigenvalue weighted by Gasteiger charge is 2.26. The average molecular weight is 275 g/mol. The summed E-state index contributed by atoms with van der Waals surface area (Å²) in [5.41, 5.74) is 6.79. The fraction of sp³-hybridized carbons (Fsp3) is 0.462. The SMILES string of the molecule is CC(C(=O)OCCCC(F)(F)F)c1cccc(N)c1. The van der Waals surface area contributed by atoms with Crippen LogP contribution < -0.4 is 5.73 Å². The molecule has 19 heavy (non-hydrogen) atoms. The zero-order chi connectivity index (χ0) is 14.5. The van der Waals surface area contributed by atoms with Gasteiger partial charge in [0.15, 0.2) is 0 Å². The van der Waals surface area contributed by atoms with Gasteiger partial charge in [-0.3, -0.25) is 4.79 Å². The van der Waals surface area contributed by atoms with Gasteiger partial charge in [0.25, 0.3) is 0 Å². The van der Waals surface area contributed by atoms with Gasteiger partial charge in [0.05, 0.1) is 12.5 Å². The maximum atomic E-state index is 11.9. The van der Waals surface area contributed by atoms with Gasteiger partial charge in [-0.15, -0.1) is 0 Å². The summed E-state index contributed by atoms with van der Waals surface area (Å²) in [6.45, 7) is 1.39. The molecule has 0 spiro atoms. The molecule has 0 amide bonds. The second kappa shape index (κ2) is 6.45. The third-order valence-electron chi connectivity index (χ3n) is 2.61. The number of nitrogens with two attached hydrogens (primary N) is 1. The molecule has 0 aliphatic carbocycles. The standard InChI is InChI=1S/C13H16F3NO2/c1-9(10-4-2-5-11(17)8-10)12(18)19-7-3-6-13(14,15)16/h2,4-5,8-9H,3,6-7,17H2,1H3. The van der Waals surface area contributed by atoms with Crippen molar-refractivity contribution in [2.24, 2.45) is 0 Å². The molecule has 1 aromatic rings. The lowest BCUT2D eigenvalue weighted by atomic mass is 10.0. The van der Waals surface area contributed by atoms with Crippen LogP contribution in [-0.4, -0.2) is 18.8 Å². The minimum absolute atomic E-state index is 0.223. The minimum Gasteiger partial charge on any atom is -0.465 e. The number of hydrogen-bond donors (Lipinski definition) is 1. The van der Waals surface area contributed by atoms with E-state index in [1.807, 2.05) is 0 Å². The summed E-state index contributed by atoms with van der Waals surface area (Å²) in [6, 6.07) is 6.75. The van der Waals surface area contributed by atoms with Crippen molar-refractivity contribution >= 4 is 11.7 Å². The van der Waals surface area contributed by atoms with E-state index >= 15 is 0 Å². The molecule has 0 fully saturated rings. The van der Waals surface area contributed by atoms with Crippen molar-refractivity contribution in [3.8, 4) is 0 Å². The number of carbonyl (C=O) groups excluding carboxylic acids is 1. The first-order chi connectivity index (χ1) is 8.79. The molecule has 1 atom stereocenters. The van der Waals surface area contributed by atoms with Crippen molar-refractivity contribution in [3.05, 3.63) is 29.8 Å². The van der Waals surface area contributed by atoms with Crippen molar-refractivity contribution in [2.45, 2.75) is 31.9 Å². The van der Waals surface area contributed by atoms with Crippen molar-refractivity contribution < 1.29 is 22.7 Å². The number of alkyl halides is 3. The second-order valence-corrected chi connectivity index (χ2v) is 4.28. The maximum absolute atomic E-state index is 11.9. The van der Waals surface area contributed by atoms with Gasteiger partial charge in [0, 0.05) is 12.1 Å². The first-order valence-electron chi connectivity index (χ1n) is 5.88. The summed E-state index contributed by atoms with van der Waals surface area (Å²) >= 11 is 0. The van der Waals surface area contributed by atoms with Crippen LogP contribution in [0.2, 0.25) is 0 Å². The summed E-state index contributed by atoms with van der Waals surface area (Å²) in [5, 5.41) is 0. The Balaban J connectivity index is 2.41. The predicted molar refractivity (Wildman–Crippen MR) is 65.5 cm³/mol. The van der Waals surface area contributed by atoms with Gasteiger partial charge in [-0.05, 0) is 31.0 Å². The molecular weight excluding hydrogens is 259 g/mol. The molecule has 0 saturated heterocycles. The largest absolute Gasteiger partial charge is 0.465 e. The molecule has 1 rings (SSSR count). The molecule has 0 heterocycles. The molecular formula is C13H16F3NO2. The molecule has 0 radical (unpaired) electrons. The number of benzene rings is 1. The molecule has 0 bridgehead atoms. The van der Waals surface area contributed by atoms with E-state index < -0.39 is 24.5 Å². The number of anilines is 1. The Morgan fingerprint density at radius 2 is 2.11 bits per heavy atom. The Labute approximate surface area is 109 Å². The number of rotatable bonds is 5. The van der Waals surface area contributed by atoms with Crippen molar-refractivity contribution in [1.29, 1.82) is 0 Å². The van der Waals surface area contributed by atoms with E-state index in [0.29, 0.717) is 11.3 Å². The maximum Gasteiger partial charge on any atom is 0.389 e. The van der Waals surface area contributed by atoms with Crippen LogP contribution in [0.15, 0.2) is 24.3 Å². The van der Waals surface area contributed by atoms with Crippen LogP contribution in [0.4, 0.5) is 18.9 Å². The van der Waals surface area contributed by atoms with Crippen LogP contribution in [0.5, 0.6) is 0 Å². The predicted octanol–water partition coefficient (Wildman–Crippen LogP) is 3.26. The second-order valence-electron chi connectivity index (χ2n) is 4.28. The Kier molecular flexibility index (Phi) is 5.20. The van der Waals surface area contributed by atoms with Crippen LogP contribution in [0.3, 0.4) is 0 Å². The lowest BCUT2D eigenvalue weighted by Gasteiger charge is -2.12. The lowest BCUT2D eigenvalue weighted by Crippen LogP contribution is -2.16. The van der Waals surface area contributed by atoms with E-state index in [2.05, 4.69) is 0 Å². The minimum atomic E-state index is -4.22. The van der Waals surface area contributed by atoms with Gasteiger partial charge < -0.3 is 10.5 Å². The third kappa shape index (κ3) is 5.63. The first kappa shape index (κ1) is 15.3. The summed E-state index contributed by atoms with van der Waals surface area (Å²) in [6.07, 6.45) is -5.39. The van der Waals surface area contributed by atoms with E-state index in [9.17, 15) is 18.0 Å². The Hall–Kier alpha value is -1.72. The first-order valence-corrected chi connectivity index (χ1v) is 5.88. The van der Waals surface area contributed by atoms with Crippen LogP contribution >= 0.6 is 0 Å². The Bertz CT molecular complexity index is 432. The number of esters is 1. The molecule has 0 saturated carbocycles. The fourth-order valence-corrected chi connectivity index (χ4v) is 1.53. The number of nitrogen functional groups attached to an aromatic ring is 1. The van der Waals surface area contributed by atoms with Gasteiger partial charge in [0.1, 0.15) is 0 Å². The number of halogens is 3. The average Bonchev–Trinajstić information content (AvgIpc) is 2.32. The number of carbonyl (C=O) groups is 1. The summed E-state index contributed by atoms with van der Waals surface area (Å²) < 4.78 is 40.5. The Morgan fingerprint density at radius 1 is 1.42 bits per heavy atom. The molecule has 2 N–H and O–H groups in total. The van der Waals surface area contributed by atoms with Gasteiger partial charge >= 0.3 is 12.1 Å². The number of hydrogen-bond acceptors (Lipinski definition) is 3. The molecule has 106 valence electrons. The highest BCUT2D eigenvalue weighted by molar-refractivity contribution is 5.78. The van der Waals surface area contributed by atoms with Crippen molar-refractivity contribution in [1.82, 2.24) is 0 Å². The van der Waals surface area contributed by atoms with Crippen LogP contribution in [-0.2, 0) is 9.53 Å². The van der Waals surface area contributed by atoms with Crippen LogP contribution in [0, 0.1) is 0 Å². The molecule has 3 nitrogen and oxygen atoms in total. The highest BCUT2D eigenvalue weighted by atomic mass is 19.4. The number of ether oxygens (including phenoxy) is 1. The van der Waals surface area contributed by atoms with Gasteiger partial charge in [0.2, 0.25) is 0 Å². The molecule has 0 aliphatic rings. The van der Waals surface area contributed by atoms with Crippen molar-refractivity contribution in [2.75, 3.05) is 12.3 Å². The lowest BCUT2D eigenvalue weighted by molar-refractivity contribution is -0.151. The van der Waals surface area contributed by atoms with E-state index in [-0.39, 0.29) is 13.0 Å².